The van der Waals surface area contributed by atoms with Gasteiger partial charge < -0.3 is 4.74 Å². The maximum Gasteiger partial charge on any atom is 0.267 e. The van der Waals surface area contributed by atoms with E-state index < -0.39 is 6.10 Å². The van der Waals surface area contributed by atoms with Crippen LogP contribution in [-0.2, 0) is 4.79 Å². The van der Waals surface area contributed by atoms with E-state index in [4.69, 9.17) is 4.74 Å². The van der Waals surface area contributed by atoms with Crippen molar-refractivity contribution in [2.24, 2.45) is 0 Å². The van der Waals surface area contributed by atoms with Gasteiger partial charge in [-0.15, -0.1) is 10.2 Å². The van der Waals surface area contributed by atoms with Gasteiger partial charge in [-0.25, -0.2) is 0 Å². The molecule has 1 N–H and O–H groups in total. The van der Waals surface area contributed by atoms with Crippen molar-refractivity contribution in [3.05, 3.63) is 60.7 Å². The minimum Gasteiger partial charge on any atom is -0.481 e. The van der Waals surface area contributed by atoms with E-state index in [9.17, 15) is 4.79 Å². The zero-order valence-corrected chi connectivity index (χ0v) is 14.0. The lowest BCUT2D eigenvalue weighted by Gasteiger charge is -2.16. The number of rotatable bonds is 6. The Balaban J connectivity index is 1.66. The number of amides is 1. The molecule has 5 nitrogen and oxygen atoms in total. The topological polar surface area (TPSA) is 64.1 Å². The van der Waals surface area contributed by atoms with Gasteiger partial charge in [0, 0.05) is 5.56 Å². The third-order valence-electron chi connectivity index (χ3n) is 3.36. The summed E-state index contributed by atoms with van der Waals surface area (Å²) in [6, 6.07) is 19.0. The highest BCUT2D eigenvalue weighted by molar-refractivity contribution is 7.18. The molecule has 1 aromatic heterocycles. The van der Waals surface area contributed by atoms with Gasteiger partial charge in [0.1, 0.15) is 10.8 Å². The van der Waals surface area contributed by atoms with Gasteiger partial charge >= 0.3 is 0 Å². The standard InChI is InChI=1S/C18H17N3O2S/c1-2-15(23-14-11-7-4-8-12-14)16(22)19-18-21-20-17(24-18)13-9-5-3-6-10-13/h3-12,15H,2H2,1H3,(H,19,21,22)/t15-/m1/s1. The molecule has 1 heterocycles. The Labute approximate surface area is 144 Å². The van der Waals surface area contributed by atoms with Gasteiger partial charge in [0.05, 0.1) is 0 Å². The fraction of sp³-hybridized carbons (Fsp3) is 0.167. The number of carbonyl (C=O) groups excluding carboxylic acids is 1. The predicted molar refractivity (Wildman–Crippen MR) is 95.1 cm³/mol. The summed E-state index contributed by atoms with van der Waals surface area (Å²) in [5.41, 5.74) is 0.975. The molecular formula is C18H17N3O2S. The molecule has 0 bridgehead atoms. The van der Waals surface area contributed by atoms with Crippen molar-refractivity contribution in [2.45, 2.75) is 19.4 Å². The first kappa shape index (κ1) is 16.1. The number of nitrogens with one attached hydrogen (secondary N) is 1. The minimum absolute atomic E-state index is 0.225. The van der Waals surface area contributed by atoms with Crippen LogP contribution in [0.25, 0.3) is 10.6 Å². The number of benzene rings is 2. The highest BCUT2D eigenvalue weighted by atomic mass is 32.1. The van der Waals surface area contributed by atoms with Crippen LogP contribution < -0.4 is 10.1 Å². The summed E-state index contributed by atoms with van der Waals surface area (Å²) >= 11 is 1.34. The number of carbonyl (C=O) groups is 1. The third-order valence-corrected chi connectivity index (χ3v) is 4.25. The monoisotopic (exact) mass is 339 g/mol. The molecule has 6 heteroatoms. The second-order valence-corrected chi connectivity index (χ2v) is 6.07. The van der Waals surface area contributed by atoms with Crippen LogP contribution in [0.2, 0.25) is 0 Å². The molecule has 0 aliphatic carbocycles. The van der Waals surface area contributed by atoms with Crippen LogP contribution in [0.4, 0.5) is 5.13 Å². The molecule has 1 amide bonds. The molecule has 122 valence electrons. The Morgan fingerprint density at radius 2 is 1.75 bits per heavy atom. The summed E-state index contributed by atoms with van der Waals surface area (Å²) < 4.78 is 5.73. The summed E-state index contributed by atoms with van der Waals surface area (Å²) in [7, 11) is 0. The first-order valence-electron chi connectivity index (χ1n) is 7.67. The second-order valence-electron chi connectivity index (χ2n) is 5.10. The average molecular weight is 339 g/mol. The van der Waals surface area contributed by atoms with Crippen LogP contribution in [-0.4, -0.2) is 22.2 Å². The largest absolute Gasteiger partial charge is 0.481 e. The predicted octanol–water partition coefficient (Wildman–Crippen LogP) is 4.00. The van der Waals surface area contributed by atoms with Crippen molar-refractivity contribution in [1.82, 2.24) is 10.2 Å². The first-order chi connectivity index (χ1) is 11.8. The Kier molecular flexibility index (Phi) is 5.18. The highest BCUT2D eigenvalue weighted by Gasteiger charge is 2.20. The molecule has 0 unspecified atom stereocenters. The molecule has 0 saturated heterocycles. The van der Waals surface area contributed by atoms with Crippen LogP contribution in [0.1, 0.15) is 13.3 Å². The second kappa shape index (κ2) is 7.70. The lowest BCUT2D eigenvalue weighted by atomic mass is 10.2. The van der Waals surface area contributed by atoms with Gasteiger partial charge in [-0.05, 0) is 18.6 Å². The number of para-hydroxylation sites is 1. The summed E-state index contributed by atoms with van der Waals surface area (Å²) in [6.45, 7) is 1.91. The van der Waals surface area contributed by atoms with Gasteiger partial charge in [0.2, 0.25) is 5.13 Å². The molecule has 3 rings (SSSR count). The van der Waals surface area contributed by atoms with E-state index >= 15 is 0 Å². The molecule has 1 atom stereocenters. The molecule has 0 aliphatic rings. The van der Waals surface area contributed by atoms with E-state index in [0.717, 1.165) is 10.6 Å². The number of nitrogens with zero attached hydrogens (tertiary/aromatic N) is 2. The quantitative estimate of drug-likeness (QED) is 0.737. The summed E-state index contributed by atoms with van der Waals surface area (Å²) in [5.74, 6) is 0.443. The van der Waals surface area contributed by atoms with Crippen molar-refractivity contribution >= 4 is 22.4 Å². The van der Waals surface area contributed by atoms with Crippen molar-refractivity contribution in [2.75, 3.05) is 5.32 Å². The Morgan fingerprint density at radius 3 is 2.42 bits per heavy atom. The summed E-state index contributed by atoms with van der Waals surface area (Å²) in [4.78, 5) is 12.4. The van der Waals surface area contributed by atoms with E-state index in [2.05, 4.69) is 15.5 Å². The Hall–Kier alpha value is -2.73. The van der Waals surface area contributed by atoms with Gasteiger partial charge in [0.25, 0.3) is 5.91 Å². The third kappa shape index (κ3) is 3.97. The first-order valence-corrected chi connectivity index (χ1v) is 8.49. The molecule has 0 aliphatic heterocycles. The molecule has 0 saturated carbocycles. The Morgan fingerprint density at radius 1 is 1.08 bits per heavy atom. The van der Waals surface area contributed by atoms with E-state index in [-0.39, 0.29) is 5.91 Å². The molecule has 0 radical (unpaired) electrons. The highest BCUT2D eigenvalue weighted by Crippen LogP contribution is 2.26. The zero-order chi connectivity index (χ0) is 16.8. The number of hydrogen-bond acceptors (Lipinski definition) is 5. The van der Waals surface area contributed by atoms with Crippen molar-refractivity contribution in [1.29, 1.82) is 0 Å². The number of ether oxygens (including phenoxy) is 1. The zero-order valence-electron chi connectivity index (χ0n) is 13.2. The fourth-order valence-corrected chi connectivity index (χ4v) is 2.89. The number of hydrogen-bond donors (Lipinski definition) is 1. The normalized spacial score (nSPS) is 11.7. The van der Waals surface area contributed by atoms with E-state index in [1.807, 2.05) is 67.6 Å². The fourth-order valence-electron chi connectivity index (χ4n) is 2.14. The molecule has 2 aromatic carbocycles. The smallest absolute Gasteiger partial charge is 0.267 e. The molecule has 0 fully saturated rings. The van der Waals surface area contributed by atoms with Gasteiger partial charge in [0.15, 0.2) is 6.10 Å². The molecule has 24 heavy (non-hydrogen) atoms. The van der Waals surface area contributed by atoms with Crippen LogP contribution in [0.15, 0.2) is 60.7 Å². The number of aromatic nitrogens is 2. The maximum absolute atomic E-state index is 12.4. The summed E-state index contributed by atoms with van der Waals surface area (Å²) in [6.07, 6.45) is -0.0121. The van der Waals surface area contributed by atoms with Gasteiger partial charge in [-0.2, -0.15) is 0 Å². The molecule has 3 aromatic rings. The van der Waals surface area contributed by atoms with Gasteiger partial charge in [-0.3, -0.25) is 10.1 Å². The Bertz CT molecular complexity index is 790. The molecular weight excluding hydrogens is 322 g/mol. The van der Waals surface area contributed by atoms with Crippen LogP contribution in [0.3, 0.4) is 0 Å². The molecule has 0 spiro atoms. The SMILES string of the molecule is CC[C@@H](Oc1ccccc1)C(=O)Nc1nnc(-c2ccccc2)s1. The van der Waals surface area contributed by atoms with Crippen molar-refractivity contribution in [3.63, 3.8) is 0 Å². The van der Waals surface area contributed by atoms with Gasteiger partial charge in [-0.1, -0.05) is 66.8 Å². The number of anilines is 1. The lowest BCUT2D eigenvalue weighted by Crippen LogP contribution is -2.32. The maximum atomic E-state index is 12.4. The summed E-state index contributed by atoms with van der Waals surface area (Å²) in [5, 5.41) is 12.2. The minimum atomic E-state index is -0.573. The average Bonchev–Trinajstić information content (AvgIpc) is 3.09. The van der Waals surface area contributed by atoms with Crippen LogP contribution in [0, 0.1) is 0 Å². The van der Waals surface area contributed by atoms with Crippen molar-refractivity contribution < 1.29 is 9.53 Å². The van der Waals surface area contributed by atoms with E-state index in [1.165, 1.54) is 11.3 Å². The van der Waals surface area contributed by atoms with Crippen molar-refractivity contribution in [3.8, 4) is 16.3 Å². The van der Waals surface area contributed by atoms with Crippen LogP contribution >= 0.6 is 11.3 Å². The van der Waals surface area contributed by atoms with E-state index in [1.54, 1.807) is 0 Å². The van der Waals surface area contributed by atoms with E-state index in [0.29, 0.717) is 17.3 Å². The lowest BCUT2D eigenvalue weighted by molar-refractivity contribution is -0.122. The van der Waals surface area contributed by atoms with Crippen LogP contribution in [0.5, 0.6) is 5.75 Å².